The zero-order valence-electron chi connectivity index (χ0n) is 14.8. The highest BCUT2D eigenvalue weighted by atomic mass is 16.3. The Morgan fingerprint density at radius 3 is 2.81 bits per heavy atom. The summed E-state index contributed by atoms with van der Waals surface area (Å²) < 4.78 is 5.35. The number of oxazole rings is 1. The van der Waals surface area contributed by atoms with Crippen LogP contribution in [-0.4, -0.2) is 19.9 Å². The number of aryl methyl sites for hydroxylation is 1. The van der Waals surface area contributed by atoms with E-state index in [0.29, 0.717) is 18.3 Å². The van der Waals surface area contributed by atoms with E-state index in [1.54, 1.807) is 12.4 Å². The number of hydrogen-bond acceptors (Lipinski definition) is 7. The highest BCUT2D eigenvalue weighted by Gasteiger charge is 2.06. The number of nitrogens with one attached hydrogen (secondary N) is 2. The lowest BCUT2D eigenvalue weighted by molar-refractivity contribution is 0.572. The van der Waals surface area contributed by atoms with Crippen LogP contribution < -0.4 is 10.6 Å². The van der Waals surface area contributed by atoms with Crippen molar-refractivity contribution in [2.24, 2.45) is 0 Å². The lowest BCUT2D eigenvalue weighted by Crippen LogP contribution is -2.06. The minimum Gasteiger partial charge on any atom is -0.444 e. The zero-order chi connectivity index (χ0) is 18.5. The second-order valence-electron chi connectivity index (χ2n) is 5.96. The van der Waals surface area contributed by atoms with E-state index in [2.05, 4.69) is 30.6 Å². The molecule has 3 heterocycles. The Morgan fingerprint density at radius 1 is 1.04 bits per heavy atom. The van der Waals surface area contributed by atoms with Crippen LogP contribution in [0, 0.1) is 6.92 Å². The van der Waals surface area contributed by atoms with E-state index in [0.717, 1.165) is 28.5 Å². The summed E-state index contributed by atoms with van der Waals surface area (Å²) in [7, 11) is 0. The van der Waals surface area contributed by atoms with Gasteiger partial charge in [0.2, 0.25) is 5.95 Å². The third-order valence-corrected chi connectivity index (χ3v) is 3.87. The van der Waals surface area contributed by atoms with Crippen LogP contribution in [0.5, 0.6) is 0 Å². The van der Waals surface area contributed by atoms with Crippen molar-refractivity contribution in [3.63, 3.8) is 0 Å². The average molecular weight is 358 g/mol. The van der Waals surface area contributed by atoms with Gasteiger partial charge in [-0.3, -0.25) is 4.98 Å². The fraction of sp³-hybridized carbons (Fsp3) is 0.100. The fourth-order valence-corrected chi connectivity index (χ4v) is 2.64. The normalized spacial score (nSPS) is 10.6. The molecule has 4 rings (SSSR count). The highest BCUT2D eigenvalue weighted by molar-refractivity contribution is 5.66. The number of anilines is 3. The van der Waals surface area contributed by atoms with Crippen LogP contribution in [0.4, 0.5) is 17.5 Å². The van der Waals surface area contributed by atoms with E-state index in [1.165, 1.54) is 6.39 Å². The molecule has 2 N–H and O–H groups in total. The van der Waals surface area contributed by atoms with Gasteiger partial charge in [-0.15, -0.1) is 0 Å². The Hall–Kier alpha value is -3.74. The summed E-state index contributed by atoms with van der Waals surface area (Å²) in [6, 6.07) is 15.5. The summed E-state index contributed by atoms with van der Waals surface area (Å²) >= 11 is 0. The monoisotopic (exact) mass is 358 g/mol. The first kappa shape index (κ1) is 16.7. The molecular weight excluding hydrogens is 340 g/mol. The van der Waals surface area contributed by atoms with Gasteiger partial charge in [0.05, 0.1) is 18.4 Å². The smallest absolute Gasteiger partial charge is 0.229 e. The van der Waals surface area contributed by atoms with E-state index in [9.17, 15) is 0 Å². The molecular formula is C20H18N6O. The molecule has 0 saturated carbocycles. The molecule has 0 bridgehead atoms. The standard InChI is InChI=1S/C20H18N6O/c1-14-9-19(23-11-17-6-2-3-8-22-17)26-20(24-14)25-16-7-4-5-15(10-16)18-12-21-13-27-18/h2-10,12-13H,11H2,1H3,(H2,23,24,25,26). The molecule has 7 heteroatoms. The predicted octanol–water partition coefficient (Wildman–Crippen LogP) is 4.19. The molecule has 0 unspecified atom stereocenters. The van der Waals surface area contributed by atoms with E-state index in [-0.39, 0.29) is 0 Å². The van der Waals surface area contributed by atoms with Crippen LogP contribution >= 0.6 is 0 Å². The summed E-state index contributed by atoms with van der Waals surface area (Å²) in [5, 5.41) is 6.53. The highest BCUT2D eigenvalue weighted by Crippen LogP contribution is 2.24. The average Bonchev–Trinajstić information content (AvgIpc) is 3.22. The van der Waals surface area contributed by atoms with Crippen molar-refractivity contribution < 1.29 is 4.42 Å². The zero-order valence-corrected chi connectivity index (χ0v) is 14.8. The molecule has 1 aromatic carbocycles. The number of aromatic nitrogens is 4. The molecule has 0 atom stereocenters. The first-order chi connectivity index (χ1) is 13.3. The minimum atomic E-state index is 0.522. The Bertz CT molecular complexity index is 1020. The van der Waals surface area contributed by atoms with Crippen LogP contribution in [0.3, 0.4) is 0 Å². The number of nitrogens with zero attached hydrogens (tertiary/aromatic N) is 4. The number of benzene rings is 1. The molecule has 0 saturated heterocycles. The van der Waals surface area contributed by atoms with E-state index in [1.807, 2.05) is 55.5 Å². The van der Waals surface area contributed by atoms with Gasteiger partial charge in [-0.25, -0.2) is 9.97 Å². The molecule has 0 aliphatic carbocycles. The summed E-state index contributed by atoms with van der Waals surface area (Å²) in [5.74, 6) is 1.97. The summed E-state index contributed by atoms with van der Waals surface area (Å²) in [6.07, 6.45) is 4.87. The van der Waals surface area contributed by atoms with Gasteiger partial charge >= 0.3 is 0 Å². The third-order valence-electron chi connectivity index (χ3n) is 3.87. The minimum absolute atomic E-state index is 0.522. The Morgan fingerprint density at radius 2 is 2.00 bits per heavy atom. The summed E-state index contributed by atoms with van der Waals surface area (Å²) in [5.41, 5.74) is 3.61. The first-order valence-corrected chi connectivity index (χ1v) is 8.52. The van der Waals surface area contributed by atoms with Gasteiger partial charge < -0.3 is 15.1 Å². The molecule has 0 radical (unpaired) electrons. The number of hydrogen-bond donors (Lipinski definition) is 2. The number of pyridine rings is 1. The van der Waals surface area contributed by atoms with E-state index in [4.69, 9.17) is 4.42 Å². The van der Waals surface area contributed by atoms with Gasteiger partial charge in [-0.1, -0.05) is 18.2 Å². The van der Waals surface area contributed by atoms with Gasteiger partial charge in [-0.2, -0.15) is 4.98 Å². The third kappa shape index (κ3) is 4.27. The van der Waals surface area contributed by atoms with Gasteiger partial charge in [0.15, 0.2) is 12.2 Å². The lowest BCUT2D eigenvalue weighted by atomic mass is 10.1. The lowest BCUT2D eigenvalue weighted by Gasteiger charge is -2.10. The van der Waals surface area contributed by atoms with Crippen LogP contribution in [0.15, 0.2) is 71.7 Å². The maximum absolute atomic E-state index is 5.35. The topological polar surface area (TPSA) is 88.8 Å². The molecule has 0 spiro atoms. The quantitative estimate of drug-likeness (QED) is 0.534. The van der Waals surface area contributed by atoms with Crippen LogP contribution in [-0.2, 0) is 6.54 Å². The molecule has 134 valence electrons. The van der Waals surface area contributed by atoms with Crippen LogP contribution in [0.2, 0.25) is 0 Å². The van der Waals surface area contributed by atoms with Crippen molar-refractivity contribution >= 4 is 17.5 Å². The Labute approximate surface area is 156 Å². The molecule has 0 aliphatic rings. The fourth-order valence-electron chi connectivity index (χ4n) is 2.64. The van der Waals surface area contributed by atoms with E-state index < -0.39 is 0 Å². The largest absolute Gasteiger partial charge is 0.444 e. The van der Waals surface area contributed by atoms with Gasteiger partial charge in [0.1, 0.15) is 5.82 Å². The van der Waals surface area contributed by atoms with E-state index >= 15 is 0 Å². The maximum atomic E-state index is 5.35. The second kappa shape index (κ2) is 7.65. The first-order valence-electron chi connectivity index (χ1n) is 8.52. The molecule has 3 aromatic heterocycles. The van der Waals surface area contributed by atoms with Crippen molar-refractivity contribution in [1.29, 1.82) is 0 Å². The molecule has 0 fully saturated rings. The number of rotatable bonds is 6. The van der Waals surface area contributed by atoms with Crippen LogP contribution in [0.1, 0.15) is 11.4 Å². The molecule has 7 nitrogen and oxygen atoms in total. The molecule has 4 aromatic rings. The summed E-state index contributed by atoms with van der Waals surface area (Å²) in [4.78, 5) is 17.3. The Kier molecular flexibility index (Phi) is 4.74. The SMILES string of the molecule is Cc1cc(NCc2ccccn2)nc(Nc2cccc(-c3cnco3)c2)n1. The van der Waals surface area contributed by atoms with Crippen molar-refractivity contribution in [3.05, 3.63) is 78.7 Å². The molecule has 27 heavy (non-hydrogen) atoms. The van der Waals surface area contributed by atoms with Gasteiger partial charge in [-0.05, 0) is 31.2 Å². The summed E-state index contributed by atoms with van der Waals surface area (Å²) in [6.45, 7) is 2.53. The van der Waals surface area contributed by atoms with Crippen molar-refractivity contribution in [2.45, 2.75) is 13.5 Å². The van der Waals surface area contributed by atoms with Gasteiger partial charge in [0, 0.05) is 29.2 Å². The second-order valence-corrected chi connectivity index (χ2v) is 5.96. The van der Waals surface area contributed by atoms with Crippen LogP contribution in [0.25, 0.3) is 11.3 Å². The van der Waals surface area contributed by atoms with Crippen molar-refractivity contribution in [1.82, 2.24) is 19.9 Å². The van der Waals surface area contributed by atoms with Crippen molar-refractivity contribution in [3.8, 4) is 11.3 Å². The predicted molar refractivity (Wildman–Crippen MR) is 104 cm³/mol. The van der Waals surface area contributed by atoms with Crippen molar-refractivity contribution in [2.75, 3.05) is 10.6 Å². The molecule has 0 amide bonds. The Balaban J connectivity index is 1.51. The maximum Gasteiger partial charge on any atom is 0.229 e. The van der Waals surface area contributed by atoms with Gasteiger partial charge in [0.25, 0.3) is 0 Å². The molecule has 0 aliphatic heterocycles.